The maximum Gasteiger partial charge on any atom is 0.231 e. The Labute approximate surface area is 107 Å². The summed E-state index contributed by atoms with van der Waals surface area (Å²) in [6.45, 7) is 4.00. The average molecular weight is 252 g/mol. The van der Waals surface area contributed by atoms with Gasteiger partial charge in [0.1, 0.15) is 0 Å². The van der Waals surface area contributed by atoms with Gasteiger partial charge in [-0.15, -0.1) is 0 Å². The van der Waals surface area contributed by atoms with E-state index in [9.17, 15) is 4.79 Å². The molecule has 1 aromatic rings. The minimum absolute atomic E-state index is 0.185. The van der Waals surface area contributed by atoms with Crippen LogP contribution in [0.15, 0.2) is 16.8 Å². The molecule has 1 aliphatic heterocycles. The van der Waals surface area contributed by atoms with Crippen molar-refractivity contribution in [1.29, 1.82) is 0 Å². The monoisotopic (exact) mass is 252 g/mol. The highest BCUT2D eigenvalue weighted by Crippen LogP contribution is 2.33. The van der Waals surface area contributed by atoms with Crippen LogP contribution < -0.4 is 10.6 Å². The Morgan fingerprint density at radius 2 is 2.53 bits per heavy atom. The topological polar surface area (TPSA) is 41.1 Å². The van der Waals surface area contributed by atoms with Crippen molar-refractivity contribution in [2.24, 2.45) is 5.41 Å². The molecule has 0 spiro atoms. The van der Waals surface area contributed by atoms with Gasteiger partial charge in [0, 0.05) is 11.9 Å². The molecule has 2 rings (SSSR count). The molecule has 1 fully saturated rings. The van der Waals surface area contributed by atoms with Gasteiger partial charge in [-0.2, -0.15) is 11.3 Å². The lowest BCUT2D eigenvalue weighted by Gasteiger charge is -2.36. The smallest absolute Gasteiger partial charge is 0.231 e. The summed E-state index contributed by atoms with van der Waals surface area (Å²) < 4.78 is 0. The van der Waals surface area contributed by atoms with Gasteiger partial charge in [0.15, 0.2) is 0 Å². The van der Waals surface area contributed by atoms with Crippen molar-refractivity contribution in [2.45, 2.75) is 32.6 Å². The Balaban J connectivity index is 2.06. The number of hydrogen-bond donors (Lipinski definition) is 2. The number of carbonyl (C=O) groups is 1. The normalized spacial score (nSPS) is 24.5. The van der Waals surface area contributed by atoms with Crippen molar-refractivity contribution in [3.05, 3.63) is 16.8 Å². The van der Waals surface area contributed by atoms with E-state index in [1.54, 1.807) is 11.3 Å². The second-order valence-corrected chi connectivity index (χ2v) is 5.56. The molecule has 2 N–H and O–H groups in total. The summed E-state index contributed by atoms with van der Waals surface area (Å²) in [4.78, 5) is 12.4. The van der Waals surface area contributed by atoms with E-state index in [-0.39, 0.29) is 11.3 Å². The van der Waals surface area contributed by atoms with E-state index in [4.69, 9.17) is 0 Å². The van der Waals surface area contributed by atoms with Crippen LogP contribution in [0.4, 0.5) is 5.69 Å². The number of amides is 1. The van der Waals surface area contributed by atoms with Gasteiger partial charge in [-0.25, -0.2) is 0 Å². The molecule has 94 valence electrons. The Bertz CT molecular complexity index is 350. The second-order valence-electron chi connectivity index (χ2n) is 4.78. The molecule has 0 aliphatic carbocycles. The zero-order chi connectivity index (χ0) is 12.1. The fourth-order valence-electron chi connectivity index (χ4n) is 2.57. The standard InChI is InChI=1S/C13H20N2OS/c1-2-5-13(6-3-7-14-10-13)12(16)15-11-4-8-17-9-11/h4,8-9,14H,2-3,5-7,10H2,1H3,(H,15,16). The first-order valence-corrected chi connectivity index (χ1v) is 7.25. The number of nitrogens with one attached hydrogen (secondary N) is 2. The first kappa shape index (κ1) is 12.6. The van der Waals surface area contributed by atoms with Crippen LogP contribution in [0.1, 0.15) is 32.6 Å². The number of rotatable bonds is 4. The van der Waals surface area contributed by atoms with E-state index < -0.39 is 0 Å². The number of hydrogen-bond acceptors (Lipinski definition) is 3. The molecular formula is C13H20N2OS. The molecule has 1 atom stereocenters. The molecule has 1 unspecified atom stereocenters. The largest absolute Gasteiger partial charge is 0.325 e. The quantitative estimate of drug-likeness (QED) is 0.865. The van der Waals surface area contributed by atoms with Crippen LogP contribution in [-0.2, 0) is 4.79 Å². The van der Waals surface area contributed by atoms with Crippen molar-refractivity contribution in [2.75, 3.05) is 18.4 Å². The second kappa shape index (κ2) is 5.65. The van der Waals surface area contributed by atoms with Gasteiger partial charge < -0.3 is 10.6 Å². The third-order valence-electron chi connectivity index (χ3n) is 3.46. The molecule has 0 radical (unpaired) electrons. The van der Waals surface area contributed by atoms with Crippen LogP contribution >= 0.6 is 11.3 Å². The lowest BCUT2D eigenvalue weighted by Crippen LogP contribution is -2.48. The van der Waals surface area contributed by atoms with Crippen LogP contribution in [0, 0.1) is 5.41 Å². The summed E-state index contributed by atoms with van der Waals surface area (Å²) in [7, 11) is 0. The molecule has 1 saturated heterocycles. The minimum atomic E-state index is -0.199. The zero-order valence-corrected chi connectivity index (χ0v) is 11.1. The lowest BCUT2D eigenvalue weighted by molar-refractivity contribution is -0.127. The van der Waals surface area contributed by atoms with Crippen LogP contribution in [0.25, 0.3) is 0 Å². The van der Waals surface area contributed by atoms with Gasteiger partial charge in [-0.05, 0) is 37.3 Å². The van der Waals surface area contributed by atoms with Crippen molar-refractivity contribution in [1.82, 2.24) is 5.32 Å². The highest BCUT2D eigenvalue weighted by molar-refractivity contribution is 7.08. The fraction of sp³-hybridized carbons (Fsp3) is 0.615. The predicted octanol–water partition coefficient (Wildman–Crippen LogP) is 2.86. The van der Waals surface area contributed by atoms with Gasteiger partial charge in [0.2, 0.25) is 5.91 Å². The van der Waals surface area contributed by atoms with Crippen molar-refractivity contribution < 1.29 is 4.79 Å². The minimum Gasteiger partial charge on any atom is -0.325 e. The fourth-order valence-corrected chi connectivity index (χ4v) is 3.15. The Morgan fingerprint density at radius 3 is 3.12 bits per heavy atom. The first-order chi connectivity index (χ1) is 8.27. The van der Waals surface area contributed by atoms with E-state index in [0.717, 1.165) is 44.5 Å². The first-order valence-electron chi connectivity index (χ1n) is 6.31. The number of piperidine rings is 1. The van der Waals surface area contributed by atoms with Crippen LogP contribution in [0.2, 0.25) is 0 Å². The molecule has 0 bridgehead atoms. The number of anilines is 1. The Kier molecular flexibility index (Phi) is 4.18. The number of thiophene rings is 1. The molecule has 17 heavy (non-hydrogen) atoms. The van der Waals surface area contributed by atoms with Crippen molar-refractivity contribution in [3.8, 4) is 0 Å². The molecule has 1 amide bonds. The summed E-state index contributed by atoms with van der Waals surface area (Å²) in [5, 5.41) is 10.4. The van der Waals surface area contributed by atoms with Gasteiger partial charge in [-0.3, -0.25) is 4.79 Å². The molecule has 1 aliphatic rings. The summed E-state index contributed by atoms with van der Waals surface area (Å²) >= 11 is 1.61. The Morgan fingerprint density at radius 1 is 1.65 bits per heavy atom. The van der Waals surface area contributed by atoms with Crippen LogP contribution in [0.3, 0.4) is 0 Å². The average Bonchev–Trinajstić information content (AvgIpc) is 2.83. The summed E-state index contributed by atoms with van der Waals surface area (Å²) in [6, 6.07) is 1.96. The molecule has 4 heteroatoms. The highest BCUT2D eigenvalue weighted by Gasteiger charge is 2.38. The third-order valence-corrected chi connectivity index (χ3v) is 4.14. The number of carbonyl (C=O) groups excluding carboxylic acids is 1. The van der Waals surface area contributed by atoms with Gasteiger partial charge in [0.25, 0.3) is 0 Å². The van der Waals surface area contributed by atoms with E-state index in [0.29, 0.717) is 0 Å². The van der Waals surface area contributed by atoms with Crippen molar-refractivity contribution in [3.63, 3.8) is 0 Å². The maximum absolute atomic E-state index is 12.4. The molecule has 0 saturated carbocycles. The lowest BCUT2D eigenvalue weighted by atomic mass is 9.76. The van der Waals surface area contributed by atoms with E-state index >= 15 is 0 Å². The summed E-state index contributed by atoms with van der Waals surface area (Å²) in [6.07, 6.45) is 4.12. The predicted molar refractivity (Wildman–Crippen MR) is 72.4 cm³/mol. The molecule has 2 heterocycles. The molecule has 1 aromatic heterocycles. The zero-order valence-electron chi connectivity index (χ0n) is 10.3. The molecule has 0 aromatic carbocycles. The third kappa shape index (κ3) is 2.87. The van der Waals surface area contributed by atoms with Gasteiger partial charge in [-0.1, -0.05) is 13.3 Å². The van der Waals surface area contributed by atoms with Crippen LogP contribution in [0.5, 0.6) is 0 Å². The molecular weight excluding hydrogens is 232 g/mol. The van der Waals surface area contributed by atoms with E-state index in [2.05, 4.69) is 17.6 Å². The van der Waals surface area contributed by atoms with Gasteiger partial charge in [0.05, 0.1) is 11.1 Å². The summed E-state index contributed by atoms with van der Waals surface area (Å²) in [5.41, 5.74) is 0.732. The SMILES string of the molecule is CCCC1(C(=O)Nc2ccsc2)CCCNC1. The highest BCUT2D eigenvalue weighted by atomic mass is 32.1. The van der Waals surface area contributed by atoms with E-state index in [1.807, 2.05) is 16.8 Å². The molecule has 3 nitrogen and oxygen atoms in total. The Hall–Kier alpha value is -0.870. The van der Waals surface area contributed by atoms with Gasteiger partial charge >= 0.3 is 0 Å². The van der Waals surface area contributed by atoms with E-state index in [1.165, 1.54) is 0 Å². The van der Waals surface area contributed by atoms with Crippen LogP contribution in [-0.4, -0.2) is 19.0 Å². The maximum atomic E-state index is 12.4. The summed E-state index contributed by atoms with van der Waals surface area (Å²) in [5.74, 6) is 0.185. The van der Waals surface area contributed by atoms with Crippen molar-refractivity contribution >= 4 is 22.9 Å².